The lowest BCUT2D eigenvalue weighted by atomic mass is 9.76. The van der Waals surface area contributed by atoms with E-state index in [0.717, 1.165) is 6.42 Å². The average molecular weight is 217 g/mol. The summed E-state index contributed by atoms with van der Waals surface area (Å²) >= 11 is 0. The lowest BCUT2D eigenvalue weighted by Gasteiger charge is -2.39. The van der Waals surface area contributed by atoms with Crippen LogP contribution in [0, 0.1) is 11.3 Å². The Hall–Kier alpha value is -2.09. The van der Waals surface area contributed by atoms with Gasteiger partial charge in [-0.15, -0.1) is 0 Å². The van der Waals surface area contributed by atoms with E-state index in [9.17, 15) is 4.79 Å². The summed E-state index contributed by atoms with van der Waals surface area (Å²) in [5.74, 6) is -0.869. The summed E-state index contributed by atoms with van der Waals surface area (Å²) in [4.78, 5) is 15.0. The summed E-state index contributed by atoms with van der Waals surface area (Å²) in [6, 6.07) is 3.58. The topological polar surface area (TPSA) is 86.0 Å². The average Bonchev–Trinajstić information content (AvgIpc) is 2.23. The van der Waals surface area contributed by atoms with Crippen LogP contribution < -0.4 is 5.32 Å². The molecule has 1 aliphatic carbocycles. The zero-order valence-corrected chi connectivity index (χ0v) is 8.60. The van der Waals surface area contributed by atoms with Crippen molar-refractivity contribution in [2.24, 2.45) is 0 Å². The van der Waals surface area contributed by atoms with Crippen molar-refractivity contribution in [1.82, 2.24) is 4.98 Å². The molecule has 0 amide bonds. The van der Waals surface area contributed by atoms with Crippen LogP contribution in [0.25, 0.3) is 0 Å². The molecule has 2 N–H and O–H groups in total. The number of carboxylic acids is 1. The molecule has 0 aliphatic heterocycles. The number of anilines is 1. The molecule has 0 saturated heterocycles. The van der Waals surface area contributed by atoms with E-state index in [4.69, 9.17) is 10.4 Å². The molecule has 1 aromatic heterocycles. The number of pyridine rings is 1. The second-order valence-electron chi connectivity index (χ2n) is 3.90. The van der Waals surface area contributed by atoms with E-state index in [0.29, 0.717) is 24.1 Å². The maximum atomic E-state index is 11.1. The van der Waals surface area contributed by atoms with Crippen LogP contribution in [0.4, 0.5) is 5.69 Å². The monoisotopic (exact) mass is 217 g/mol. The molecular weight excluding hydrogens is 206 g/mol. The summed E-state index contributed by atoms with van der Waals surface area (Å²) in [6.07, 6.45) is 5.06. The van der Waals surface area contributed by atoms with Gasteiger partial charge in [0, 0.05) is 6.20 Å². The molecule has 1 aliphatic rings. The van der Waals surface area contributed by atoms with Crippen molar-refractivity contribution in [2.45, 2.75) is 24.8 Å². The molecule has 16 heavy (non-hydrogen) atoms. The second-order valence-corrected chi connectivity index (χ2v) is 3.90. The quantitative estimate of drug-likeness (QED) is 0.798. The van der Waals surface area contributed by atoms with E-state index in [1.54, 1.807) is 6.07 Å². The maximum absolute atomic E-state index is 11.1. The van der Waals surface area contributed by atoms with Gasteiger partial charge in [0.15, 0.2) is 0 Å². The lowest BCUT2D eigenvalue weighted by molar-refractivity contribution is -0.145. The molecule has 0 aromatic carbocycles. The van der Waals surface area contributed by atoms with Crippen LogP contribution in [0.2, 0.25) is 0 Å². The van der Waals surface area contributed by atoms with Gasteiger partial charge in [-0.3, -0.25) is 4.98 Å². The number of nitrogens with zero attached hydrogens (tertiary/aromatic N) is 2. The Labute approximate surface area is 92.7 Å². The number of carbonyl (C=O) groups is 1. The predicted octanol–water partition coefficient (Wildman–Crippen LogP) is 1.37. The van der Waals surface area contributed by atoms with Crippen molar-refractivity contribution in [2.75, 3.05) is 5.32 Å². The van der Waals surface area contributed by atoms with Gasteiger partial charge >= 0.3 is 5.97 Å². The number of nitriles is 1. The van der Waals surface area contributed by atoms with Gasteiger partial charge in [0.25, 0.3) is 0 Å². The molecule has 5 nitrogen and oxygen atoms in total. The van der Waals surface area contributed by atoms with Gasteiger partial charge in [0.05, 0.1) is 17.4 Å². The largest absolute Gasteiger partial charge is 0.480 e. The Bertz CT molecular complexity index is 461. The zero-order chi connectivity index (χ0) is 11.6. The molecule has 0 bridgehead atoms. The minimum absolute atomic E-state index is 0.419. The molecule has 1 saturated carbocycles. The van der Waals surface area contributed by atoms with Crippen molar-refractivity contribution in [1.29, 1.82) is 5.26 Å². The maximum Gasteiger partial charge on any atom is 0.329 e. The molecule has 1 aromatic rings. The van der Waals surface area contributed by atoms with Crippen molar-refractivity contribution >= 4 is 11.7 Å². The summed E-state index contributed by atoms with van der Waals surface area (Å²) in [5.41, 5.74) is 0.00359. The Balaban J connectivity index is 2.27. The first-order chi connectivity index (χ1) is 7.68. The number of hydrogen-bond acceptors (Lipinski definition) is 4. The Kier molecular flexibility index (Phi) is 2.49. The van der Waals surface area contributed by atoms with E-state index in [-0.39, 0.29) is 0 Å². The SMILES string of the molecule is N#Cc1ccncc1NC1(C(=O)O)CCC1. The Morgan fingerprint density at radius 3 is 2.88 bits per heavy atom. The first-order valence-corrected chi connectivity index (χ1v) is 5.04. The van der Waals surface area contributed by atoms with Crippen LogP contribution in [0.5, 0.6) is 0 Å². The number of hydrogen-bond donors (Lipinski definition) is 2. The van der Waals surface area contributed by atoms with Crippen LogP contribution in [0.1, 0.15) is 24.8 Å². The van der Waals surface area contributed by atoms with Crippen LogP contribution in [-0.2, 0) is 4.79 Å². The third-order valence-corrected chi connectivity index (χ3v) is 2.93. The number of aliphatic carboxylic acids is 1. The highest BCUT2D eigenvalue weighted by atomic mass is 16.4. The van der Waals surface area contributed by atoms with Crippen molar-refractivity contribution in [3.05, 3.63) is 24.0 Å². The second kappa shape index (κ2) is 3.81. The number of nitrogens with one attached hydrogen (secondary N) is 1. The van der Waals surface area contributed by atoms with Gasteiger partial charge in [0.2, 0.25) is 0 Å². The van der Waals surface area contributed by atoms with Gasteiger partial charge in [-0.2, -0.15) is 5.26 Å². The van der Waals surface area contributed by atoms with Crippen molar-refractivity contribution in [3.8, 4) is 6.07 Å². The van der Waals surface area contributed by atoms with E-state index in [1.165, 1.54) is 12.4 Å². The highest BCUT2D eigenvalue weighted by Gasteiger charge is 2.44. The summed E-state index contributed by atoms with van der Waals surface area (Å²) in [6.45, 7) is 0. The summed E-state index contributed by atoms with van der Waals surface area (Å²) in [7, 11) is 0. The summed E-state index contributed by atoms with van der Waals surface area (Å²) in [5, 5.41) is 20.9. The van der Waals surface area contributed by atoms with E-state index < -0.39 is 11.5 Å². The van der Waals surface area contributed by atoms with Gasteiger partial charge in [-0.05, 0) is 25.3 Å². The number of carboxylic acid groups (broad SMARTS) is 1. The number of aromatic nitrogens is 1. The highest BCUT2D eigenvalue weighted by Crippen LogP contribution is 2.36. The molecule has 0 radical (unpaired) electrons. The highest BCUT2D eigenvalue weighted by molar-refractivity contribution is 5.84. The third-order valence-electron chi connectivity index (χ3n) is 2.93. The van der Waals surface area contributed by atoms with Crippen LogP contribution in [-0.4, -0.2) is 21.6 Å². The van der Waals surface area contributed by atoms with Gasteiger partial charge in [-0.25, -0.2) is 4.79 Å². The molecule has 0 unspecified atom stereocenters. The molecular formula is C11H11N3O2. The van der Waals surface area contributed by atoms with E-state index in [1.807, 2.05) is 6.07 Å². The Morgan fingerprint density at radius 2 is 2.38 bits per heavy atom. The number of rotatable bonds is 3. The minimum Gasteiger partial charge on any atom is -0.480 e. The molecule has 0 atom stereocenters. The van der Waals surface area contributed by atoms with Crippen molar-refractivity contribution < 1.29 is 9.90 Å². The molecule has 2 rings (SSSR count). The minimum atomic E-state index is -0.908. The van der Waals surface area contributed by atoms with E-state index in [2.05, 4.69) is 10.3 Å². The molecule has 5 heteroatoms. The fourth-order valence-electron chi connectivity index (χ4n) is 1.77. The first kappa shape index (κ1) is 10.4. The van der Waals surface area contributed by atoms with Gasteiger partial charge < -0.3 is 10.4 Å². The normalized spacial score (nSPS) is 16.9. The Morgan fingerprint density at radius 1 is 1.62 bits per heavy atom. The fraction of sp³-hybridized carbons (Fsp3) is 0.364. The van der Waals surface area contributed by atoms with Crippen LogP contribution in [0.15, 0.2) is 18.5 Å². The zero-order valence-electron chi connectivity index (χ0n) is 8.60. The lowest BCUT2D eigenvalue weighted by Crippen LogP contribution is -2.52. The van der Waals surface area contributed by atoms with Crippen LogP contribution in [0.3, 0.4) is 0 Å². The summed E-state index contributed by atoms with van der Waals surface area (Å²) < 4.78 is 0. The van der Waals surface area contributed by atoms with Crippen molar-refractivity contribution in [3.63, 3.8) is 0 Å². The predicted molar refractivity (Wildman–Crippen MR) is 56.8 cm³/mol. The first-order valence-electron chi connectivity index (χ1n) is 5.04. The fourth-order valence-corrected chi connectivity index (χ4v) is 1.77. The van der Waals surface area contributed by atoms with Gasteiger partial charge in [0.1, 0.15) is 11.6 Å². The van der Waals surface area contributed by atoms with E-state index >= 15 is 0 Å². The van der Waals surface area contributed by atoms with Crippen LogP contribution >= 0.6 is 0 Å². The molecule has 82 valence electrons. The molecule has 1 heterocycles. The standard InChI is InChI=1S/C11H11N3O2/c12-6-8-2-5-13-7-9(8)14-11(10(15)16)3-1-4-11/h2,5,7,14H,1,3-4H2,(H,15,16). The third kappa shape index (κ3) is 1.58. The van der Waals surface area contributed by atoms with Gasteiger partial charge in [-0.1, -0.05) is 0 Å². The molecule has 0 spiro atoms. The smallest absolute Gasteiger partial charge is 0.329 e. The molecule has 1 fully saturated rings.